The molecule has 9 atom stereocenters. The first-order valence-electron chi connectivity index (χ1n) is 12.0. The molecule has 22 heteroatoms. The highest BCUT2D eigenvalue weighted by molar-refractivity contribution is 7.45. The molecule has 0 spiro atoms. The summed E-state index contributed by atoms with van der Waals surface area (Å²) in [5.41, 5.74) is 12.4. The van der Waals surface area contributed by atoms with Crippen LogP contribution in [0.3, 0.4) is 0 Å². The number of aromatic nitrogens is 8. The average Bonchev–Trinajstić information content (AvgIpc) is 3.75. The molecule has 9 N–H and O–H groups in total. The van der Waals surface area contributed by atoms with E-state index in [0.29, 0.717) is 11.2 Å². The van der Waals surface area contributed by atoms with E-state index in [1.165, 1.54) is 34.4 Å². The van der Waals surface area contributed by atoms with Gasteiger partial charge in [-0.15, -0.1) is 0 Å². The molecule has 6 rings (SSSR count). The van der Waals surface area contributed by atoms with E-state index in [1.54, 1.807) is 0 Å². The number of rotatable bonds is 7. The Labute approximate surface area is 234 Å². The maximum absolute atomic E-state index is 14.3. The van der Waals surface area contributed by atoms with Crippen molar-refractivity contribution in [1.29, 1.82) is 0 Å². The summed E-state index contributed by atoms with van der Waals surface area (Å²) in [6, 6.07) is 0. The van der Waals surface area contributed by atoms with E-state index in [2.05, 4.69) is 39.5 Å². The van der Waals surface area contributed by atoms with Gasteiger partial charge in [0.1, 0.15) is 48.3 Å². The molecule has 6 heterocycles. The van der Waals surface area contributed by atoms with Crippen molar-refractivity contribution in [1.82, 2.24) is 39.0 Å². The number of aliphatic hydroxyl groups is 4. The predicted molar refractivity (Wildman–Crippen MR) is 135 cm³/mol. The maximum Gasteiger partial charge on any atom is 0.232 e. The minimum Gasteiger partial charge on any atom is -0.394 e. The lowest BCUT2D eigenvalue weighted by Crippen LogP contribution is -2.30. The summed E-state index contributed by atoms with van der Waals surface area (Å²) >= 11 is 0. The van der Waals surface area contributed by atoms with Crippen LogP contribution in [0.15, 0.2) is 25.3 Å². The fraction of sp³-hybridized carbons (Fsp3) is 0.500. The fourth-order valence-corrected chi connectivity index (χ4v) is 4.45. The highest BCUT2D eigenvalue weighted by Gasteiger charge is 2.48. The van der Waals surface area contributed by atoms with Gasteiger partial charge in [-0.25, -0.2) is 38.7 Å². The molecule has 0 bridgehead atoms. The molecule has 0 saturated carbocycles. The van der Waals surface area contributed by atoms with Crippen molar-refractivity contribution in [3.63, 3.8) is 0 Å². The number of ether oxygens (including phenoxy) is 2. The van der Waals surface area contributed by atoms with Crippen LogP contribution in [-0.2, 0) is 19.0 Å². The van der Waals surface area contributed by atoms with Gasteiger partial charge in [0.15, 0.2) is 47.7 Å². The summed E-state index contributed by atoms with van der Waals surface area (Å²) in [4.78, 5) is 37.2. The van der Waals surface area contributed by atoms with Gasteiger partial charge in [0.2, 0.25) is 14.7 Å². The van der Waals surface area contributed by atoms with Crippen LogP contribution in [-0.4, -0.2) is 114 Å². The lowest BCUT2D eigenvalue weighted by atomic mass is 10.1. The fourth-order valence-electron chi connectivity index (χ4n) is 4.22. The van der Waals surface area contributed by atoms with Crippen LogP contribution in [0, 0.1) is 0 Å². The van der Waals surface area contributed by atoms with E-state index < -0.39 is 70.7 Å². The predicted octanol–water partition coefficient (Wildman–Crippen LogP) is -1.84. The molecule has 2 fully saturated rings. The van der Waals surface area contributed by atoms with Gasteiger partial charge < -0.3 is 46.3 Å². The Kier molecular flexibility index (Phi) is 8.94. The third-order valence-corrected chi connectivity index (χ3v) is 6.79. The summed E-state index contributed by atoms with van der Waals surface area (Å²) < 4.78 is 45.8. The van der Waals surface area contributed by atoms with Gasteiger partial charge in [0.05, 0.1) is 19.3 Å². The third kappa shape index (κ3) is 5.54. The molecule has 2 aliphatic rings. The van der Waals surface area contributed by atoms with Crippen molar-refractivity contribution < 1.29 is 53.1 Å². The van der Waals surface area contributed by atoms with Crippen molar-refractivity contribution in [2.75, 3.05) is 24.4 Å². The molecule has 19 nitrogen and oxygen atoms in total. The van der Waals surface area contributed by atoms with E-state index in [9.17, 15) is 19.0 Å². The van der Waals surface area contributed by atoms with Crippen LogP contribution < -0.4 is 11.5 Å². The van der Waals surface area contributed by atoms with Gasteiger partial charge in [-0.1, -0.05) is 0 Å². The third-order valence-electron chi connectivity index (χ3n) is 6.29. The first kappa shape index (κ1) is 30.1. The molecule has 0 aliphatic carbocycles. The minimum absolute atomic E-state index is 0.118. The van der Waals surface area contributed by atoms with Crippen molar-refractivity contribution in [3.05, 3.63) is 25.3 Å². The van der Waals surface area contributed by atoms with Crippen molar-refractivity contribution in [2.24, 2.45) is 0 Å². The van der Waals surface area contributed by atoms with Crippen LogP contribution in [0.2, 0.25) is 0 Å². The van der Waals surface area contributed by atoms with Gasteiger partial charge in [-0.3, -0.25) is 9.13 Å². The zero-order chi connectivity index (χ0) is 30.1. The molecule has 3 unspecified atom stereocenters. The number of nitrogens with zero attached hydrogens (tertiary/aromatic N) is 8. The lowest BCUT2D eigenvalue weighted by molar-refractivity contribution is -0.332. The Morgan fingerprint density at radius 1 is 0.833 bits per heavy atom. The molecule has 42 heavy (non-hydrogen) atoms. The molecule has 228 valence electrons. The molecule has 0 radical (unpaired) electrons. The van der Waals surface area contributed by atoms with E-state index in [4.69, 9.17) is 36.0 Å². The molecular formula is C20H25F2N10O9P. The number of nitrogens with two attached hydrogens (primary N) is 2. The Bertz CT molecular complexity index is 1520. The minimum atomic E-state index is -2.26. The molecule has 0 aromatic carbocycles. The summed E-state index contributed by atoms with van der Waals surface area (Å²) in [5, 5.41) is 37.0. The number of hydrogen-bond acceptors (Lipinski definition) is 17. The van der Waals surface area contributed by atoms with Crippen molar-refractivity contribution in [3.8, 4) is 0 Å². The second kappa shape index (κ2) is 12.5. The molecule has 4 aromatic heterocycles. The highest BCUT2D eigenvalue weighted by Crippen LogP contribution is 2.38. The number of imidazole rings is 2. The number of aliphatic hydroxyl groups excluding tert-OH is 4. The van der Waals surface area contributed by atoms with Gasteiger partial charge in [-0.05, 0) is 0 Å². The Morgan fingerprint density at radius 3 is 1.86 bits per heavy atom. The largest absolute Gasteiger partial charge is 0.394 e. The number of anilines is 2. The van der Waals surface area contributed by atoms with Crippen LogP contribution >= 0.6 is 8.38 Å². The summed E-state index contributed by atoms with van der Waals surface area (Å²) in [6.07, 6.45) is -7.22. The number of alkyl halides is 2. The number of halogens is 2. The monoisotopic (exact) mass is 618 g/mol. The Morgan fingerprint density at radius 2 is 1.36 bits per heavy atom. The van der Waals surface area contributed by atoms with Crippen LogP contribution in [0.5, 0.6) is 0 Å². The summed E-state index contributed by atoms with van der Waals surface area (Å²) in [6.45, 7) is -0.470. The average molecular weight is 618 g/mol. The van der Waals surface area contributed by atoms with E-state index in [-0.39, 0.29) is 22.8 Å². The van der Waals surface area contributed by atoms with Gasteiger partial charge in [0, 0.05) is 0 Å². The van der Waals surface area contributed by atoms with E-state index in [1.807, 2.05) is 0 Å². The zero-order valence-corrected chi connectivity index (χ0v) is 22.0. The summed E-state index contributed by atoms with van der Waals surface area (Å²) in [7, 11) is -2.26. The first-order chi connectivity index (χ1) is 20.2. The second-order valence-corrected chi connectivity index (χ2v) is 9.98. The highest BCUT2D eigenvalue weighted by atomic mass is 31.2. The molecule has 2 saturated heterocycles. The first-order valence-corrected chi connectivity index (χ1v) is 13.4. The number of hydrogen-bond donors (Lipinski definition) is 7. The SMILES string of the molecule is Nc1ncnc2c1ncn2[C@@H]1O[C@H](CO)[C@H](O)C1F.Nc1ncnc2c1ncn2[C@@H]1O[C@H](OOP(O)CO)[C@H](O)C1F. The topological polar surface area (TPSA) is 277 Å². The van der Waals surface area contributed by atoms with E-state index in [0.717, 1.165) is 0 Å². The maximum atomic E-state index is 14.3. The van der Waals surface area contributed by atoms with Gasteiger partial charge in [-0.2, -0.15) is 9.56 Å². The molecular weight excluding hydrogens is 593 g/mol. The molecule has 4 aromatic rings. The smallest absolute Gasteiger partial charge is 0.232 e. The van der Waals surface area contributed by atoms with Crippen LogP contribution in [0.4, 0.5) is 20.4 Å². The van der Waals surface area contributed by atoms with Crippen molar-refractivity contribution in [2.45, 2.75) is 49.4 Å². The normalized spacial score (nSPS) is 30.1. The second-order valence-electron chi connectivity index (χ2n) is 8.84. The van der Waals surface area contributed by atoms with Crippen molar-refractivity contribution >= 4 is 42.3 Å². The zero-order valence-electron chi connectivity index (χ0n) is 21.1. The molecule has 2 aliphatic heterocycles. The number of fused-ring (bicyclic) bond motifs is 2. The Balaban J connectivity index is 0.000000171. The number of nitrogen functional groups attached to an aromatic ring is 2. The lowest BCUT2D eigenvalue weighted by Gasteiger charge is -2.15. The molecule has 0 amide bonds. The quantitative estimate of drug-likeness (QED) is 0.0680. The van der Waals surface area contributed by atoms with Crippen LogP contribution in [0.25, 0.3) is 22.3 Å². The van der Waals surface area contributed by atoms with Gasteiger partial charge >= 0.3 is 0 Å². The van der Waals surface area contributed by atoms with E-state index >= 15 is 0 Å². The summed E-state index contributed by atoms with van der Waals surface area (Å²) in [5.74, 6) is 0.295. The van der Waals surface area contributed by atoms with Gasteiger partial charge in [0.25, 0.3) is 0 Å². The van der Waals surface area contributed by atoms with Crippen LogP contribution in [0.1, 0.15) is 12.5 Å². The standard InChI is InChI=1S/C10H13FN5O6P.C10H12FN5O3/c11-4-6(18)10(21-22-23(19)3-17)20-9(4)16-2-15-5-7(12)13-1-14-8(5)16;11-5-7(18)4(1-17)19-10(5)16-3-15-6-8(12)13-2-14-9(6)16/h1-2,4,6,9-10,17-19H,3H2,(H2,12,13,14);2-5,7,10,17-18H,1H2,(H2,12,13,14)/t4?,6-,9-,10-,23?;4-,5?,7+,10-/m11/s1. The Hall–Kier alpha value is -3.37.